The van der Waals surface area contributed by atoms with E-state index in [9.17, 15) is 4.79 Å². The van der Waals surface area contributed by atoms with Crippen molar-refractivity contribution in [2.75, 3.05) is 11.9 Å². The van der Waals surface area contributed by atoms with E-state index in [1.807, 2.05) is 17.0 Å². The fourth-order valence-electron chi connectivity index (χ4n) is 3.22. The number of carbonyl (C=O) groups is 1. The molecule has 0 aromatic heterocycles. The minimum atomic E-state index is -0.0372. The average Bonchev–Trinajstić information content (AvgIpc) is 2.84. The highest BCUT2D eigenvalue weighted by molar-refractivity contribution is 6.30. The van der Waals surface area contributed by atoms with Crippen LogP contribution >= 0.6 is 11.6 Å². The van der Waals surface area contributed by atoms with Crippen LogP contribution in [-0.4, -0.2) is 17.5 Å². The summed E-state index contributed by atoms with van der Waals surface area (Å²) in [7, 11) is 0. The third-order valence-corrected chi connectivity index (χ3v) is 4.82. The van der Waals surface area contributed by atoms with Crippen LogP contribution in [-0.2, 0) is 0 Å². The third kappa shape index (κ3) is 4.09. The van der Waals surface area contributed by atoms with E-state index in [0.717, 1.165) is 31.5 Å². The van der Waals surface area contributed by atoms with Crippen molar-refractivity contribution in [1.82, 2.24) is 4.90 Å². The number of aryl methyl sites for hydroxylation is 1. The molecule has 3 nitrogen and oxygen atoms in total. The second-order valence-corrected chi connectivity index (χ2v) is 6.84. The Bertz CT molecular complexity index is 682. The van der Waals surface area contributed by atoms with Crippen LogP contribution < -0.4 is 5.32 Å². The molecule has 2 aromatic rings. The van der Waals surface area contributed by atoms with Crippen molar-refractivity contribution in [2.45, 2.75) is 38.6 Å². The molecule has 2 amide bonds. The number of anilines is 1. The van der Waals surface area contributed by atoms with Gasteiger partial charge in [-0.15, -0.1) is 0 Å². The van der Waals surface area contributed by atoms with E-state index >= 15 is 0 Å². The zero-order valence-corrected chi connectivity index (χ0v) is 14.7. The number of halogens is 1. The van der Waals surface area contributed by atoms with Crippen LogP contribution in [0.15, 0.2) is 48.5 Å². The van der Waals surface area contributed by atoms with E-state index in [0.29, 0.717) is 5.02 Å². The normalized spacial score (nSPS) is 18.1. The predicted octanol–water partition coefficient (Wildman–Crippen LogP) is 5.80. The highest BCUT2D eigenvalue weighted by Crippen LogP contribution is 2.31. The van der Waals surface area contributed by atoms with Crippen molar-refractivity contribution < 1.29 is 4.79 Å². The van der Waals surface area contributed by atoms with Gasteiger partial charge < -0.3 is 10.2 Å². The van der Waals surface area contributed by atoms with Gasteiger partial charge in [0.25, 0.3) is 0 Å². The summed E-state index contributed by atoms with van der Waals surface area (Å²) in [6.45, 7) is 2.87. The van der Waals surface area contributed by atoms with Crippen molar-refractivity contribution >= 4 is 23.3 Å². The summed E-state index contributed by atoms with van der Waals surface area (Å²) in [6.07, 6.45) is 4.39. The van der Waals surface area contributed by atoms with Crippen molar-refractivity contribution in [1.29, 1.82) is 0 Å². The fourth-order valence-corrected chi connectivity index (χ4v) is 3.34. The Kier molecular flexibility index (Phi) is 5.41. The summed E-state index contributed by atoms with van der Waals surface area (Å²) < 4.78 is 0. The molecule has 1 aliphatic rings. The topological polar surface area (TPSA) is 32.3 Å². The number of benzene rings is 2. The minimum absolute atomic E-state index is 0.0372. The van der Waals surface area contributed by atoms with Crippen LogP contribution in [0.3, 0.4) is 0 Å². The molecular weight excluding hydrogens is 320 g/mol. The third-order valence-electron chi connectivity index (χ3n) is 4.57. The molecule has 0 spiro atoms. The number of amides is 2. The minimum Gasteiger partial charge on any atom is -0.317 e. The maximum Gasteiger partial charge on any atom is 0.322 e. The summed E-state index contributed by atoms with van der Waals surface area (Å²) in [5.74, 6) is 0. The maximum atomic E-state index is 12.8. The van der Waals surface area contributed by atoms with Crippen LogP contribution in [0.25, 0.3) is 0 Å². The first-order chi connectivity index (χ1) is 11.6. The molecule has 0 radical (unpaired) electrons. The summed E-state index contributed by atoms with van der Waals surface area (Å²) in [4.78, 5) is 14.8. The smallest absolute Gasteiger partial charge is 0.317 e. The quantitative estimate of drug-likeness (QED) is 0.735. The first kappa shape index (κ1) is 16.8. The molecule has 24 heavy (non-hydrogen) atoms. The van der Waals surface area contributed by atoms with Crippen LogP contribution in [0, 0.1) is 6.92 Å². The number of urea groups is 1. The van der Waals surface area contributed by atoms with E-state index in [1.165, 1.54) is 17.5 Å². The average molecular weight is 343 g/mol. The lowest BCUT2D eigenvalue weighted by Gasteiger charge is -2.30. The van der Waals surface area contributed by atoms with Crippen LogP contribution in [0.5, 0.6) is 0 Å². The molecule has 126 valence electrons. The molecule has 4 heteroatoms. The molecule has 0 saturated carbocycles. The zero-order chi connectivity index (χ0) is 16.9. The summed E-state index contributed by atoms with van der Waals surface area (Å²) in [5, 5.41) is 3.67. The number of likely N-dealkylation sites (tertiary alicyclic amines) is 1. The van der Waals surface area contributed by atoms with E-state index in [4.69, 9.17) is 11.6 Å². The number of hydrogen-bond donors (Lipinski definition) is 1. The molecule has 0 unspecified atom stereocenters. The molecule has 2 aromatic carbocycles. The lowest BCUT2D eigenvalue weighted by Crippen LogP contribution is -2.38. The second-order valence-electron chi connectivity index (χ2n) is 6.41. The molecule has 1 atom stereocenters. The van der Waals surface area contributed by atoms with E-state index in [1.54, 1.807) is 12.1 Å². The zero-order valence-electron chi connectivity index (χ0n) is 14.0. The van der Waals surface area contributed by atoms with Crippen LogP contribution in [0.4, 0.5) is 10.5 Å². The van der Waals surface area contributed by atoms with Crippen molar-refractivity contribution in [2.24, 2.45) is 0 Å². The van der Waals surface area contributed by atoms with Crippen LogP contribution in [0.1, 0.15) is 42.9 Å². The Morgan fingerprint density at radius 2 is 1.75 bits per heavy atom. The van der Waals surface area contributed by atoms with Gasteiger partial charge in [0.15, 0.2) is 0 Å². The van der Waals surface area contributed by atoms with Gasteiger partial charge in [-0.05, 0) is 49.6 Å². The van der Waals surface area contributed by atoms with E-state index in [-0.39, 0.29) is 12.1 Å². The summed E-state index contributed by atoms with van der Waals surface area (Å²) in [6, 6.07) is 15.9. The fraction of sp³-hybridized carbons (Fsp3) is 0.350. The first-order valence-corrected chi connectivity index (χ1v) is 8.91. The second kappa shape index (κ2) is 7.71. The van der Waals surface area contributed by atoms with Crippen molar-refractivity contribution in [3.8, 4) is 0 Å². The molecule has 1 heterocycles. The lowest BCUT2D eigenvalue weighted by atomic mass is 10.00. The Hall–Kier alpha value is -2.00. The Morgan fingerprint density at radius 3 is 2.46 bits per heavy atom. The summed E-state index contributed by atoms with van der Waals surface area (Å²) >= 11 is 5.91. The molecule has 1 fully saturated rings. The van der Waals surface area contributed by atoms with Gasteiger partial charge in [0.1, 0.15) is 0 Å². The Balaban J connectivity index is 1.79. The van der Waals surface area contributed by atoms with Gasteiger partial charge >= 0.3 is 6.03 Å². The number of nitrogens with one attached hydrogen (secondary N) is 1. The molecular formula is C20H23ClN2O. The lowest BCUT2D eigenvalue weighted by molar-refractivity contribution is 0.189. The maximum absolute atomic E-state index is 12.8. The molecule has 0 aliphatic carbocycles. The molecule has 1 N–H and O–H groups in total. The standard InChI is InChI=1S/C20H23ClN2O/c1-15-6-8-16(9-7-15)19-5-3-2-4-14-23(19)20(24)22-18-12-10-17(21)11-13-18/h6-13,19H,2-5,14H2,1H3,(H,22,24)/t19-/m0/s1. The SMILES string of the molecule is Cc1ccc([C@@H]2CCCCCN2C(=O)Nc2ccc(Cl)cc2)cc1. The largest absolute Gasteiger partial charge is 0.322 e. The van der Waals surface area contributed by atoms with E-state index < -0.39 is 0 Å². The van der Waals surface area contributed by atoms with Gasteiger partial charge in [-0.2, -0.15) is 0 Å². The van der Waals surface area contributed by atoms with Gasteiger partial charge in [0.05, 0.1) is 6.04 Å². The first-order valence-electron chi connectivity index (χ1n) is 8.53. The van der Waals surface area contributed by atoms with Gasteiger partial charge in [0.2, 0.25) is 0 Å². The van der Waals surface area contributed by atoms with Gasteiger partial charge in [0, 0.05) is 17.3 Å². The van der Waals surface area contributed by atoms with E-state index in [2.05, 4.69) is 36.5 Å². The van der Waals surface area contributed by atoms with Crippen molar-refractivity contribution in [3.63, 3.8) is 0 Å². The molecule has 3 rings (SSSR count). The Labute approximate surface area is 148 Å². The number of rotatable bonds is 2. The summed E-state index contributed by atoms with van der Waals surface area (Å²) in [5.41, 5.74) is 3.23. The number of hydrogen-bond acceptors (Lipinski definition) is 1. The molecule has 0 bridgehead atoms. The predicted molar refractivity (Wildman–Crippen MR) is 99.6 cm³/mol. The number of nitrogens with zero attached hydrogens (tertiary/aromatic N) is 1. The highest BCUT2D eigenvalue weighted by atomic mass is 35.5. The van der Waals surface area contributed by atoms with Crippen molar-refractivity contribution in [3.05, 3.63) is 64.7 Å². The Morgan fingerprint density at radius 1 is 1.04 bits per heavy atom. The highest BCUT2D eigenvalue weighted by Gasteiger charge is 2.26. The van der Waals surface area contributed by atoms with Gasteiger partial charge in [-0.3, -0.25) is 0 Å². The van der Waals surface area contributed by atoms with Crippen LogP contribution in [0.2, 0.25) is 5.02 Å². The molecule has 1 aliphatic heterocycles. The monoisotopic (exact) mass is 342 g/mol. The van der Waals surface area contributed by atoms with Gasteiger partial charge in [-0.1, -0.05) is 54.3 Å². The van der Waals surface area contributed by atoms with Gasteiger partial charge in [-0.25, -0.2) is 4.79 Å². The number of carbonyl (C=O) groups excluding carboxylic acids is 1. The molecule has 1 saturated heterocycles.